The van der Waals surface area contributed by atoms with Gasteiger partial charge in [0.2, 0.25) is 5.95 Å². The number of anilines is 1. The first-order valence-corrected chi connectivity index (χ1v) is 3.46. The van der Waals surface area contributed by atoms with Crippen molar-refractivity contribution in [2.75, 3.05) is 5.73 Å². The van der Waals surface area contributed by atoms with Crippen LogP contribution in [0, 0.1) is 15.3 Å². The molecule has 0 radical (unpaired) electrons. The third kappa shape index (κ3) is 1.34. The molecule has 0 atom stereocenters. The van der Waals surface area contributed by atoms with Crippen molar-refractivity contribution in [3.05, 3.63) is 21.4 Å². The Morgan fingerprint density at radius 1 is 1.50 bits per heavy atom. The summed E-state index contributed by atoms with van der Waals surface area (Å²) in [5.74, 6) is -1.82. The quantitative estimate of drug-likeness (QED) is 0.565. The van der Waals surface area contributed by atoms with Crippen molar-refractivity contribution >= 4 is 28.4 Å². The van der Waals surface area contributed by atoms with E-state index < -0.39 is 17.6 Å². The zero-order valence-corrected chi connectivity index (χ0v) is 6.89. The van der Waals surface area contributed by atoms with Crippen molar-refractivity contribution in [3.8, 4) is 0 Å². The molecule has 2 nitrogen and oxygen atoms in total. The van der Waals surface area contributed by atoms with E-state index in [1.165, 1.54) is 0 Å². The molecule has 1 rings (SSSR count). The highest BCUT2D eigenvalue weighted by atomic mass is 127. The summed E-state index contributed by atoms with van der Waals surface area (Å²) in [4.78, 5) is 3.07. The number of nitrogens with two attached hydrogens (primary N) is 1. The van der Waals surface area contributed by atoms with Gasteiger partial charge in [-0.15, -0.1) is 0 Å². The molecule has 0 aromatic carbocycles. The molecule has 0 saturated carbocycles. The van der Waals surface area contributed by atoms with Crippen LogP contribution in [0.25, 0.3) is 0 Å². The maximum Gasteiger partial charge on any atom is 0.216 e. The second-order valence-corrected chi connectivity index (χ2v) is 2.79. The Hall–Kier alpha value is -0.460. The van der Waals surface area contributed by atoms with Crippen LogP contribution in [-0.2, 0) is 0 Å². The molecule has 54 valence electrons. The first-order valence-electron chi connectivity index (χ1n) is 2.38. The predicted octanol–water partition coefficient (Wildman–Crippen LogP) is 1.55. The number of hydrogen-bond donors (Lipinski definition) is 1. The summed E-state index contributed by atoms with van der Waals surface area (Å²) in [6.07, 6.45) is 0. The highest BCUT2D eigenvalue weighted by molar-refractivity contribution is 14.1. The van der Waals surface area contributed by atoms with Gasteiger partial charge in [-0.3, -0.25) is 0 Å². The van der Waals surface area contributed by atoms with Crippen LogP contribution in [0.2, 0.25) is 0 Å². The van der Waals surface area contributed by atoms with Gasteiger partial charge in [-0.05, 0) is 22.6 Å². The van der Waals surface area contributed by atoms with E-state index in [0.717, 1.165) is 6.07 Å². The molecule has 1 aromatic heterocycles. The molecule has 1 heterocycles. The highest BCUT2D eigenvalue weighted by Crippen LogP contribution is 2.15. The van der Waals surface area contributed by atoms with Gasteiger partial charge in [-0.2, -0.15) is 9.37 Å². The number of hydrogen-bond acceptors (Lipinski definition) is 2. The average molecular weight is 256 g/mol. The largest absolute Gasteiger partial charge is 0.381 e. The van der Waals surface area contributed by atoms with E-state index in [9.17, 15) is 8.78 Å². The number of halogens is 3. The maximum atomic E-state index is 12.5. The molecule has 2 N–H and O–H groups in total. The molecule has 0 spiro atoms. The summed E-state index contributed by atoms with van der Waals surface area (Å²) < 4.78 is 24.9. The van der Waals surface area contributed by atoms with Crippen molar-refractivity contribution < 1.29 is 8.78 Å². The first-order chi connectivity index (χ1) is 4.61. The van der Waals surface area contributed by atoms with E-state index in [-0.39, 0.29) is 3.57 Å². The van der Waals surface area contributed by atoms with Crippen molar-refractivity contribution in [1.82, 2.24) is 4.98 Å². The van der Waals surface area contributed by atoms with Gasteiger partial charge in [-0.25, -0.2) is 4.39 Å². The van der Waals surface area contributed by atoms with Gasteiger partial charge in [0, 0.05) is 6.07 Å². The number of aromatic nitrogens is 1. The van der Waals surface area contributed by atoms with Gasteiger partial charge in [-0.1, -0.05) is 0 Å². The molecule has 0 unspecified atom stereocenters. The van der Waals surface area contributed by atoms with Crippen molar-refractivity contribution in [1.29, 1.82) is 0 Å². The monoisotopic (exact) mass is 256 g/mol. The zero-order valence-electron chi connectivity index (χ0n) is 4.74. The molecule has 0 bridgehead atoms. The van der Waals surface area contributed by atoms with Crippen molar-refractivity contribution in [3.63, 3.8) is 0 Å². The molecule has 0 saturated heterocycles. The third-order valence-corrected chi connectivity index (χ3v) is 1.69. The van der Waals surface area contributed by atoms with Crippen molar-refractivity contribution in [2.45, 2.75) is 0 Å². The van der Waals surface area contributed by atoms with Crippen LogP contribution in [0.5, 0.6) is 0 Å². The smallest absolute Gasteiger partial charge is 0.216 e. The summed E-state index contributed by atoms with van der Waals surface area (Å²) >= 11 is 1.64. The molecule has 0 fully saturated rings. The fourth-order valence-corrected chi connectivity index (χ4v) is 1.02. The molecule has 0 aliphatic heterocycles. The molecule has 1 aromatic rings. The molecule has 0 aliphatic rings. The normalized spacial score (nSPS) is 9.90. The van der Waals surface area contributed by atoms with Crippen LogP contribution in [0.1, 0.15) is 0 Å². The summed E-state index contributed by atoms with van der Waals surface area (Å²) in [5.41, 5.74) is 4.99. The second kappa shape index (κ2) is 2.65. The van der Waals surface area contributed by atoms with Crippen LogP contribution < -0.4 is 5.73 Å². The molecular formula is C5H3F2IN2. The SMILES string of the molecule is Nc1nc(F)cc(I)c1F. The molecular weight excluding hydrogens is 253 g/mol. The summed E-state index contributed by atoms with van der Waals surface area (Å²) in [6.45, 7) is 0. The first kappa shape index (κ1) is 7.64. The Balaban J connectivity index is 3.31. The Labute approximate surface area is 69.6 Å². The number of rotatable bonds is 0. The van der Waals surface area contributed by atoms with E-state index in [2.05, 4.69) is 4.98 Å². The summed E-state index contributed by atoms with van der Waals surface area (Å²) in [6, 6.07) is 0.978. The van der Waals surface area contributed by atoms with E-state index in [4.69, 9.17) is 5.73 Å². The second-order valence-electron chi connectivity index (χ2n) is 1.63. The standard InChI is InChI=1S/C5H3F2IN2/c6-3-1-2(8)4(7)5(9)10-3/h1H,(H2,9,10). The average Bonchev–Trinajstić information content (AvgIpc) is 1.82. The van der Waals surface area contributed by atoms with Gasteiger partial charge in [0.15, 0.2) is 11.6 Å². The Kier molecular flexibility index (Phi) is 2.02. The van der Waals surface area contributed by atoms with Crippen LogP contribution in [0.4, 0.5) is 14.6 Å². The Bertz CT molecular complexity index is 241. The van der Waals surface area contributed by atoms with E-state index >= 15 is 0 Å². The lowest BCUT2D eigenvalue weighted by atomic mass is 10.4. The lowest BCUT2D eigenvalue weighted by Crippen LogP contribution is -1.99. The van der Waals surface area contributed by atoms with Crippen molar-refractivity contribution in [2.24, 2.45) is 0 Å². The van der Waals surface area contributed by atoms with Crippen LogP contribution in [0.3, 0.4) is 0 Å². The van der Waals surface area contributed by atoms with Crippen LogP contribution in [0.15, 0.2) is 6.07 Å². The fraction of sp³-hybridized carbons (Fsp3) is 0. The third-order valence-electron chi connectivity index (χ3n) is 0.908. The van der Waals surface area contributed by atoms with E-state index in [1.807, 2.05) is 0 Å². The minimum Gasteiger partial charge on any atom is -0.381 e. The lowest BCUT2D eigenvalue weighted by molar-refractivity contribution is 0.560. The van der Waals surface area contributed by atoms with Gasteiger partial charge < -0.3 is 5.73 Å². The maximum absolute atomic E-state index is 12.5. The highest BCUT2D eigenvalue weighted by Gasteiger charge is 2.06. The van der Waals surface area contributed by atoms with E-state index in [0.29, 0.717) is 0 Å². The topological polar surface area (TPSA) is 38.9 Å². The Morgan fingerprint density at radius 2 is 2.10 bits per heavy atom. The molecule has 0 aliphatic carbocycles. The van der Waals surface area contributed by atoms with Gasteiger partial charge >= 0.3 is 0 Å². The predicted molar refractivity (Wildman–Crippen MR) is 41.3 cm³/mol. The zero-order chi connectivity index (χ0) is 7.72. The summed E-state index contributed by atoms with van der Waals surface area (Å²) in [5, 5.41) is 0. The van der Waals surface area contributed by atoms with Gasteiger partial charge in [0.25, 0.3) is 0 Å². The summed E-state index contributed by atoms with van der Waals surface area (Å²) in [7, 11) is 0. The molecule has 5 heteroatoms. The number of nitrogens with zero attached hydrogens (tertiary/aromatic N) is 1. The van der Waals surface area contributed by atoms with Crippen LogP contribution in [-0.4, -0.2) is 4.98 Å². The number of nitrogen functional groups attached to an aromatic ring is 1. The fourth-order valence-electron chi connectivity index (χ4n) is 0.487. The molecule has 0 amide bonds. The van der Waals surface area contributed by atoms with E-state index in [1.54, 1.807) is 22.6 Å². The minimum atomic E-state index is -0.761. The van der Waals surface area contributed by atoms with Gasteiger partial charge in [0.05, 0.1) is 3.57 Å². The molecule has 10 heavy (non-hydrogen) atoms. The lowest BCUT2D eigenvalue weighted by Gasteiger charge is -1.96. The van der Waals surface area contributed by atoms with Crippen LogP contribution >= 0.6 is 22.6 Å². The Morgan fingerprint density at radius 3 is 2.60 bits per heavy atom. The minimum absolute atomic E-state index is 0.141. The number of pyridine rings is 1. The van der Waals surface area contributed by atoms with Gasteiger partial charge in [0.1, 0.15) is 0 Å².